The van der Waals surface area contributed by atoms with Gasteiger partial charge in [0.1, 0.15) is 0 Å². The summed E-state index contributed by atoms with van der Waals surface area (Å²) in [5.41, 5.74) is 1.25. The quantitative estimate of drug-likeness (QED) is 0.758. The molecule has 1 fully saturated rings. The normalized spacial score (nSPS) is 25.9. The summed E-state index contributed by atoms with van der Waals surface area (Å²) in [6.07, 6.45) is 0.104. The predicted octanol–water partition coefficient (Wildman–Crippen LogP) is 1.48. The summed E-state index contributed by atoms with van der Waals surface area (Å²) in [5.74, 6) is 0. The Hall–Kier alpha value is -0.835. The Morgan fingerprint density at radius 3 is 2.80 bits per heavy atom. The molecule has 0 spiro atoms. The van der Waals surface area contributed by atoms with Crippen LogP contribution in [-0.2, 0) is 9.39 Å². The molecule has 0 unspecified atom stereocenters. The zero-order valence-corrected chi connectivity index (χ0v) is 9.14. The van der Waals surface area contributed by atoms with E-state index in [1.807, 2.05) is 25.0 Å². The Labute approximate surface area is 90.9 Å². The molecule has 2 rings (SSSR count). The van der Waals surface area contributed by atoms with E-state index in [2.05, 4.69) is 17.4 Å². The SMILES string of the molecule is COC[C@@H]1OB(C)N[C@@H]1c1ccccc1. The minimum atomic E-state index is 0.0929. The number of rotatable bonds is 3. The van der Waals surface area contributed by atoms with Crippen molar-refractivity contribution in [2.45, 2.75) is 19.0 Å². The lowest BCUT2D eigenvalue weighted by Gasteiger charge is -2.18. The first kappa shape index (κ1) is 10.7. The fraction of sp³-hybridized carbons (Fsp3) is 0.455. The Morgan fingerprint density at radius 1 is 1.40 bits per heavy atom. The topological polar surface area (TPSA) is 30.5 Å². The second-order valence-electron chi connectivity index (χ2n) is 3.83. The van der Waals surface area contributed by atoms with Gasteiger partial charge in [-0.25, -0.2) is 0 Å². The summed E-state index contributed by atoms with van der Waals surface area (Å²) in [6.45, 7) is 2.64. The van der Waals surface area contributed by atoms with Gasteiger partial charge in [0, 0.05) is 7.11 Å². The summed E-state index contributed by atoms with van der Waals surface area (Å²) < 4.78 is 10.9. The molecule has 0 radical (unpaired) electrons. The van der Waals surface area contributed by atoms with Crippen molar-refractivity contribution in [1.82, 2.24) is 5.23 Å². The summed E-state index contributed by atoms with van der Waals surface area (Å²) in [5, 5.41) is 3.40. The zero-order valence-electron chi connectivity index (χ0n) is 9.14. The second kappa shape index (κ2) is 4.79. The van der Waals surface area contributed by atoms with E-state index in [4.69, 9.17) is 9.39 Å². The van der Waals surface area contributed by atoms with Crippen molar-refractivity contribution in [3.05, 3.63) is 35.9 Å². The maximum Gasteiger partial charge on any atom is 0.377 e. The lowest BCUT2D eigenvalue weighted by Crippen LogP contribution is -2.28. The Bertz CT molecular complexity index is 307. The van der Waals surface area contributed by atoms with E-state index in [9.17, 15) is 0 Å². The van der Waals surface area contributed by atoms with Gasteiger partial charge in [0.25, 0.3) is 0 Å². The number of ether oxygens (including phenoxy) is 1. The molecule has 0 amide bonds. The van der Waals surface area contributed by atoms with Crippen molar-refractivity contribution < 1.29 is 9.39 Å². The van der Waals surface area contributed by atoms with Crippen LogP contribution in [0.15, 0.2) is 30.3 Å². The third-order valence-corrected chi connectivity index (χ3v) is 2.65. The molecule has 1 saturated heterocycles. The van der Waals surface area contributed by atoms with Gasteiger partial charge in [0.05, 0.1) is 18.8 Å². The molecule has 1 N–H and O–H groups in total. The molecule has 2 atom stereocenters. The fourth-order valence-corrected chi connectivity index (χ4v) is 2.01. The van der Waals surface area contributed by atoms with E-state index >= 15 is 0 Å². The van der Waals surface area contributed by atoms with Crippen LogP contribution in [0.25, 0.3) is 0 Å². The van der Waals surface area contributed by atoms with Crippen LogP contribution in [-0.4, -0.2) is 26.9 Å². The van der Waals surface area contributed by atoms with E-state index in [1.165, 1.54) is 5.56 Å². The third kappa shape index (κ3) is 2.40. The first-order valence-corrected chi connectivity index (χ1v) is 5.26. The van der Waals surface area contributed by atoms with Crippen LogP contribution in [0.2, 0.25) is 6.82 Å². The molecule has 1 aromatic rings. The van der Waals surface area contributed by atoms with Crippen molar-refractivity contribution in [2.24, 2.45) is 0 Å². The van der Waals surface area contributed by atoms with Gasteiger partial charge in [-0.2, -0.15) is 0 Å². The molecule has 1 aliphatic rings. The van der Waals surface area contributed by atoms with E-state index in [-0.39, 0.29) is 19.2 Å². The number of methoxy groups -OCH3 is 1. The first-order valence-electron chi connectivity index (χ1n) is 5.26. The number of benzene rings is 1. The van der Waals surface area contributed by atoms with Gasteiger partial charge < -0.3 is 14.6 Å². The minimum absolute atomic E-state index is 0.0929. The molecule has 1 aromatic carbocycles. The molecular formula is C11H16BNO2. The van der Waals surface area contributed by atoms with Crippen LogP contribution in [0, 0.1) is 0 Å². The van der Waals surface area contributed by atoms with Crippen LogP contribution < -0.4 is 5.23 Å². The van der Waals surface area contributed by atoms with Crippen LogP contribution in [0.1, 0.15) is 11.6 Å². The molecule has 0 bridgehead atoms. The lowest BCUT2D eigenvalue weighted by atomic mass is 9.88. The number of nitrogens with one attached hydrogen (secondary N) is 1. The van der Waals surface area contributed by atoms with E-state index in [0.29, 0.717) is 6.61 Å². The van der Waals surface area contributed by atoms with Crippen LogP contribution in [0.3, 0.4) is 0 Å². The molecule has 1 aliphatic heterocycles. The number of hydrogen-bond acceptors (Lipinski definition) is 3. The Balaban J connectivity index is 2.13. The van der Waals surface area contributed by atoms with Gasteiger partial charge in [-0.1, -0.05) is 30.3 Å². The lowest BCUT2D eigenvalue weighted by molar-refractivity contribution is 0.0819. The smallest absolute Gasteiger partial charge is 0.377 e. The molecular weight excluding hydrogens is 189 g/mol. The highest BCUT2D eigenvalue weighted by molar-refractivity contribution is 6.48. The van der Waals surface area contributed by atoms with Crippen molar-refractivity contribution in [1.29, 1.82) is 0 Å². The first-order chi connectivity index (χ1) is 7.31. The monoisotopic (exact) mass is 205 g/mol. The standard InChI is InChI=1S/C11H16BNO2/c1-12-13-11(10(15-12)8-14-2)9-6-4-3-5-7-9/h3-7,10-11,13H,8H2,1-2H3/t10-,11+/m0/s1. The van der Waals surface area contributed by atoms with Crippen molar-refractivity contribution in [2.75, 3.05) is 13.7 Å². The summed E-state index contributed by atoms with van der Waals surface area (Å²) in [4.78, 5) is 0. The second-order valence-corrected chi connectivity index (χ2v) is 3.83. The van der Waals surface area contributed by atoms with Crippen LogP contribution in [0.4, 0.5) is 0 Å². The molecule has 3 nitrogen and oxygen atoms in total. The molecule has 0 saturated carbocycles. The Kier molecular flexibility index (Phi) is 3.41. The highest BCUT2D eigenvalue weighted by Crippen LogP contribution is 2.25. The summed E-state index contributed by atoms with van der Waals surface area (Å²) in [7, 11) is 1.80. The molecule has 80 valence electrons. The van der Waals surface area contributed by atoms with Crippen molar-refractivity contribution in [3.63, 3.8) is 0 Å². The van der Waals surface area contributed by atoms with Gasteiger partial charge in [-0.15, -0.1) is 0 Å². The predicted molar refractivity (Wildman–Crippen MR) is 60.7 cm³/mol. The maximum absolute atomic E-state index is 5.73. The molecule has 1 heterocycles. The average Bonchev–Trinajstić information content (AvgIpc) is 2.62. The molecule has 0 aromatic heterocycles. The highest BCUT2D eigenvalue weighted by atomic mass is 16.5. The minimum Gasteiger partial charge on any atom is -0.414 e. The van der Waals surface area contributed by atoms with Crippen LogP contribution in [0.5, 0.6) is 0 Å². The summed E-state index contributed by atoms with van der Waals surface area (Å²) >= 11 is 0. The summed E-state index contributed by atoms with van der Waals surface area (Å²) in [6, 6.07) is 10.6. The van der Waals surface area contributed by atoms with Gasteiger partial charge in [0.2, 0.25) is 0 Å². The van der Waals surface area contributed by atoms with Crippen molar-refractivity contribution in [3.8, 4) is 0 Å². The van der Waals surface area contributed by atoms with Gasteiger partial charge in [-0.05, 0) is 12.4 Å². The van der Waals surface area contributed by atoms with Gasteiger partial charge in [-0.3, -0.25) is 0 Å². The largest absolute Gasteiger partial charge is 0.414 e. The van der Waals surface area contributed by atoms with Gasteiger partial charge in [0.15, 0.2) is 0 Å². The fourth-order valence-electron chi connectivity index (χ4n) is 2.01. The zero-order chi connectivity index (χ0) is 10.7. The highest BCUT2D eigenvalue weighted by Gasteiger charge is 2.35. The maximum atomic E-state index is 5.73. The average molecular weight is 205 g/mol. The third-order valence-electron chi connectivity index (χ3n) is 2.65. The van der Waals surface area contributed by atoms with Crippen LogP contribution >= 0.6 is 0 Å². The Morgan fingerprint density at radius 2 is 2.13 bits per heavy atom. The van der Waals surface area contributed by atoms with Gasteiger partial charge >= 0.3 is 7.05 Å². The molecule has 4 heteroatoms. The van der Waals surface area contributed by atoms with Crippen molar-refractivity contribution >= 4 is 7.05 Å². The number of hydrogen-bond donors (Lipinski definition) is 1. The molecule has 0 aliphatic carbocycles. The van der Waals surface area contributed by atoms with E-state index in [1.54, 1.807) is 7.11 Å². The molecule has 15 heavy (non-hydrogen) atoms. The van der Waals surface area contributed by atoms with E-state index < -0.39 is 0 Å². The van der Waals surface area contributed by atoms with E-state index in [0.717, 1.165) is 0 Å².